The Morgan fingerprint density at radius 1 is 1.38 bits per heavy atom. The van der Waals surface area contributed by atoms with Crippen LogP contribution in [0.15, 0.2) is 12.1 Å². The quantitative estimate of drug-likeness (QED) is 0.819. The summed E-state index contributed by atoms with van der Waals surface area (Å²) in [5, 5.41) is 0. The first kappa shape index (κ1) is 10.3. The average molecular weight is 237 g/mol. The third kappa shape index (κ3) is 1.26. The van der Waals surface area contributed by atoms with Crippen molar-refractivity contribution in [1.82, 2.24) is 0 Å². The number of ether oxygens (including phenoxy) is 1. The maximum Gasteiger partial charge on any atom is 0.348 e. The highest BCUT2D eigenvalue weighted by molar-refractivity contribution is 7.14. The van der Waals surface area contributed by atoms with Gasteiger partial charge in [-0.05, 0) is 37.8 Å². The maximum absolute atomic E-state index is 11.4. The van der Waals surface area contributed by atoms with Crippen LogP contribution in [0.5, 0.6) is 0 Å². The molecule has 3 rings (SSSR count). The second kappa shape index (κ2) is 3.08. The Bertz CT molecular complexity index is 444. The van der Waals surface area contributed by atoms with Crippen molar-refractivity contribution in [3.63, 3.8) is 0 Å². The van der Waals surface area contributed by atoms with Crippen molar-refractivity contribution in [2.24, 2.45) is 5.73 Å². The van der Waals surface area contributed by atoms with E-state index in [1.54, 1.807) is 11.3 Å². The van der Waals surface area contributed by atoms with Crippen molar-refractivity contribution in [2.45, 2.75) is 36.6 Å². The first-order valence-corrected chi connectivity index (χ1v) is 6.40. The fraction of sp³-hybridized carbons (Fsp3) is 0.583. The van der Waals surface area contributed by atoms with Gasteiger partial charge in [0.15, 0.2) is 0 Å². The zero-order chi connectivity index (χ0) is 11.4. The number of thiophene rings is 1. The fourth-order valence-electron chi connectivity index (χ4n) is 2.53. The lowest BCUT2D eigenvalue weighted by atomic mass is 9.93. The van der Waals surface area contributed by atoms with Gasteiger partial charge in [0.25, 0.3) is 0 Å². The molecule has 1 aromatic rings. The molecule has 0 atom stereocenters. The molecule has 86 valence electrons. The lowest BCUT2D eigenvalue weighted by molar-refractivity contribution is 0.0606. The van der Waals surface area contributed by atoms with Crippen LogP contribution in [0.1, 0.15) is 40.2 Å². The topological polar surface area (TPSA) is 52.3 Å². The van der Waals surface area contributed by atoms with Gasteiger partial charge in [0.05, 0.1) is 7.11 Å². The van der Waals surface area contributed by atoms with Gasteiger partial charge in [0.2, 0.25) is 0 Å². The van der Waals surface area contributed by atoms with Gasteiger partial charge in [-0.1, -0.05) is 0 Å². The molecule has 3 nitrogen and oxygen atoms in total. The monoisotopic (exact) mass is 237 g/mol. The van der Waals surface area contributed by atoms with Crippen molar-refractivity contribution >= 4 is 17.3 Å². The Balaban J connectivity index is 1.91. The first-order chi connectivity index (χ1) is 7.61. The number of nitrogens with two attached hydrogens (primary N) is 1. The third-order valence-corrected chi connectivity index (χ3v) is 5.23. The second-order valence-corrected chi connectivity index (χ2v) is 5.98. The first-order valence-electron chi connectivity index (χ1n) is 5.59. The summed E-state index contributed by atoms with van der Waals surface area (Å²) >= 11 is 1.55. The Morgan fingerprint density at radius 2 is 2.06 bits per heavy atom. The van der Waals surface area contributed by atoms with Crippen molar-refractivity contribution in [1.29, 1.82) is 0 Å². The predicted molar refractivity (Wildman–Crippen MR) is 62.7 cm³/mol. The lowest BCUT2D eigenvalue weighted by Gasteiger charge is -2.21. The average Bonchev–Trinajstić information content (AvgIpc) is 3.19. The number of methoxy groups -OCH3 is 1. The summed E-state index contributed by atoms with van der Waals surface area (Å²) in [5.41, 5.74) is 6.53. The van der Waals surface area contributed by atoms with Crippen molar-refractivity contribution in [3.8, 4) is 0 Å². The number of rotatable bonds is 3. The van der Waals surface area contributed by atoms with E-state index in [-0.39, 0.29) is 16.9 Å². The van der Waals surface area contributed by atoms with Gasteiger partial charge in [0.1, 0.15) is 4.88 Å². The molecule has 2 aliphatic rings. The molecule has 0 unspecified atom stereocenters. The molecule has 0 radical (unpaired) electrons. The van der Waals surface area contributed by atoms with Gasteiger partial charge < -0.3 is 10.5 Å². The lowest BCUT2D eigenvalue weighted by Crippen LogP contribution is -2.36. The van der Waals surface area contributed by atoms with E-state index in [0.717, 1.165) is 12.8 Å². The standard InChI is InChI=1S/C12H15NO2S/c1-15-10(14)8-2-3-9(16-8)11(4-5-11)12(13)6-7-12/h2-3H,4-7,13H2,1H3. The summed E-state index contributed by atoms with van der Waals surface area (Å²) in [5.74, 6) is -0.242. The molecule has 0 aromatic carbocycles. The van der Waals surface area contributed by atoms with E-state index in [9.17, 15) is 4.79 Å². The van der Waals surface area contributed by atoms with Gasteiger partial charge in [-0.15, -0.1) is 11.3 Å². The Kier molecular flexibility index (Phi) is 1.98. The van der Waals surface area contributed by atoms with Crippen LogP contribution < -0.4 is 5.73 Å². The minimum atomic E-state index is -0.242. The highest BCUT2D eigenvalue weighted by Crippen LogP contribution is 2.64. The molecule has 2 saturated carbocycles. The number of hydrogen-bond acceptors (Lipinski definition) is 4. The Labute approximate surface area is 98.6 Å². The number of carbonyl (C=O) groups excluding carboxylic acids is 1. The third-order valence-electron chi connectivity index (χ3n) is 3.96. The molecule has 16 heavy (non-hydrogen) atoms. The molecule has 1 aromatic heterocycles. The fourth-order valence-corrected chi connectivity index (χ4v) is 3.81. The van der Waals surface area contributed by atoms with Crippen molar-refractivity contribution in [3.05, 3.63) is 21.9 Å². The summed E-state index contributed by atoms with van der Waals surface area (Å²) in [7, 11) is 1.42. The molecule has 0 saturated heterocycles. The molecule has 1 heterocycles. The van der Waals surface area contributed by atoms with Crippen LogP contribution in [0, 0.1) is 0 Å². The Morgan fingerprint density at radius 3 is 2.56 bits per heavy atom. The zero-order valence-electron chi connectivity index (χ0n) is 9.29. The van der Waals surface area contributed by atoms with Crippen LogP contribution >= 0.6 is 11.3 Å². The van der Waals surface area contributed by atoms with Crippen LogP contribution in [0.4, 0.5) is 0 Å². The largest absolute Gasteiger partial charge is 0.465 e. The van der Waals surface area contributed by atoms with E-state index < -0.39 is 0 Å². The minimum Gasteiger partial charge on any atom is -0.465 e. The van der Waals surface area contributed by atoms with Gasteiger partial charge >= 0.3 is 5.97 Å². The molecular weight excluding hydrogens is 222 g/mol. The maximum atomic E-state index is 11.4. The van der Waals surface area contributed by atoms with Crippen LogP contribution in [-0.2, 0) is 10.2 Å². The molecule has 2 fully saturated rings. The van der Waals surface area contributed by atoms with Crippen molar-refractivity contribution < 1.29 is 9.53 Å². The zero-order valence-corrected chi connectivity index (χ0v) is 10.1. The molecule has 4 heteroatoms. The number of hydrogen-bond donors (Lipinski definition) is 1. The molecule has 0 amide bonds. The summed E-state index contributed by atoms with van der Waals surface area (Å²) in [4.78, 5) is 13.4. The normalized spacial score (nSPS) is 23.9. The van der Waals surface area contributed by atoms with Crippen LogP contribution in [0.25, 0.3) is 0 Å². The van der Waals surface area contributed by atoms with Crippen LogP contribution in [-0.4, -0.2) is 18.6 Å². The highest BCUT2D eigenvalue weighted by atomic mass is 32.1. The van der Waals surface area contributed by atoms with E-state index in [1.807, 2.05) is 6.07 Å². The summed E-state index contributed by atoms with van der Waals surface area (Å²) < 4.78 is 4.72. The second-order valence-electron chi connectivity index (χ2n) is 4.89. The van der Waals surface area contributed by atoms with E-state index in [4.69, 9.17) is 10.5 Å². The molecule has 0 aliphatic heterocycles. The molecule has 0 spiro atoms. The van der Waals surface area contributed by atoms with E-state index in [1.165, 1.54) is 24.8 Å². The highest BCUT2D eigenvalue weighted by Gasteiger charge is 2.64. The van der Waals surface area contributed by atoms with Gasteiger partial charge in [-0.25, -0.2) is 4.79 Å². The van der Waals surface area contributed by atoms with Gasteiger partial charge in [-0.3, -0.25) is 0 Å². The van der Waals surface area contributed by atoms with Crippen LogP contribution in [0.3, 0.4) is 0 Å². The molecule has 2 N–H and O–H groups in total. The molecule has 0 bridgehead atoms. The minimum absolute atomic E-state index is 0.0191. The van der Waals surface area contributed by atoms with Gasteiger partial charge in [-0.2, -0.15) is 0 Å². The number of carbonyl (C=O) groups is 1. The molecule has 2 aliphatic carbocycles. The summed E-state index contributed by atoms with van der Waals surface area (Å²) in [6.45, 7) is 0. The smallest absolute Gasteiger partial charge is 0.348 e. The molecular formula is C12H15NO2S. The van der Waals surface area contributed by atoms with Crippen molar-refractivity contribution in [2.75, 3.05) is 7.11 Å². The predicted octanol–water partition coefficient (Wildman–Crippen LogP) is 2.06. The SMILES string of the molecule is COC(=O)c1ccc(C2(C3(N)CC3)CC2)s1. The van der Waals surface area contributed by atoms with E-state index in [0.29, 0.717) is 4.88 Å². The summed E-state index contributed by atoms with van der Waals surface area (Å²) in [6, 6.07) is 3.91. The Hall–Kier alpha value is -0.870. The van der Waals surface area contributed by atoms with E-state index in [2.05, 4.69) is 6.07 Å². The summed E-state index contributed by atoms with van der Waals surface area (Å²) in [6.07, 6.45) is 4.59. The van der Waals surface area contributed by atoms with Gasteiger partial charge in [0, 0.05) is 15.8 Å². The number of esters is 1. The van der Waals surface area contributed by atoms with Crippen LogP contribution in [0.2, 0.25) is 0 Å². The van der Waals surface area contributed by atoms with E-state index >= 15 is 0 Å².